The number of aromatic nitrogens is 1. The van der Waals surface area contributed by atoms with Crippen LogP contribution in [0.15, 0.2) is 63.8 Å². The molecule has 1 aliphatic rings. The number of amides is 2. The van der Waals surface area contributed by atoms with E-state index in [1.807, 2.05) is 52.7 Å². The van der Waals surface area contributed by atoms with Gasteiger partial charge in [-0.15, -0.1) is 11.3 Å². The summed E-state index contributed by atoms with van der Waals surface area (Å²) in [4.78, 5) is 30.7. The number of hydrogen-bond acceptors (Lipinski definition) is 6. The maximum atomic E-state index is 12.7. The molecule has 0 bridgehead atoms. The van der Waals surface area contributed by atoms with Crippen molar-refractivity contribution in [2.75, 3.05) is 26.3 Å². The van der Waals surface area contributed by atoms with E-state index in [2.05, 4.69) is 10.3 Å². The molecule has 1 fully saturated rings. The summed E-state index contributed by atoms with van der Waals surface area (Å²) in [5.74, 6) is 0.370. The molecule has 1 aliphatic heterocycles. The fourth-order valence-electron chi connectivity index (χ4n) is 3.87. The third-order valence-corrected chi connectivity index (χ3v) is 6.56. The maximum absolute atomic E-state index is 12.7. The van der Waals surface area contributed by atoms with Crippen molar-refractivity contribution in [2.45, 2.75) is 6.54 Å². The Hall–Kier alpha value is -3.46. The van der Waals surface area contributed by atoms with Crippen LogP contribution in [0.1, 0.15) is 21.8 Å². The van der Waals surface area contributed by atoms with Gasteiger partial charge in [0.05, 0.1) is 36.0 Å². The lowest BCUT2D eigenvalue weighted by Gasteiger charge is -2.26. The van der Waals surface area contributed by atoms with Crippen LogP contribution >= 0.6 is 22.9 Å². The van der Waals surface area contributed by atoms with Crippen LogP contribution in [-0.4, -0.2) is 48.0 Å². The number of rotatable bonds is 6. The van der Waals surface area contributed by atoms with E-state index in [1.54, 1.807) is 11.6 Å². The Labute approximate surface area is 211 Å². The first kappa shape index (κ1) is 23.3. The zero-order valence-electron chi connectivity index (χ0n) is 18.7. The van der Waals surface area contributed by atoms with Crippen molar-refractivity contribution >= 4 is 51.8 Å². The number of ether oxygens (including phenoxy) is 1. The number of carbonyl (C=O) groups excluding carboxylic acids is 2. The van der Waals surface area contributed by atoms with Crippen molar-refractivity contribution in [3.05, 3.63) is 81.5 Å². The van der Waals surface area contributed by atoms with E-state index in [1.165, 1.54) is 17.4 Å². The molecule has 178 valence electrons. The molecule has 2 amide bonds. The van der Waals surface area contributed by atoms with Crippen molar-refractivity contribution in [3.8, 4) is 11.1 Å². The van der Waals surface area contributed by atoms with Gasteiger partial charge in [-0.2, -0.15) is 0 Å². The lowest BCUT2D eigenvalue weighted by Crippen LogP contribution is -2.40. The van der Waals surface area contributed by atoms with Gasteiger partial charge in [-0.25, -0.2) is 4.98 Å². The normalized spacial score (nSPS) is 14.0. The lowest BCUT2D eigenvalue weighted by atomic mass is 10.0. The molecule has 4 aromatic rings. The largest absolute Gasteiger partial charge is 0.458 e. The van der Waals surface area contributed by atoms with E-state index in [0.29, 0.717) is 48.2 Å². The third kappa shape index (κ3) is 5.45. The molecule has 0 unspecified atom stereocenters. The highest BCUT2D eigenvalue weighted by Crippen LogP contribution is 2.33. The Morgan fingerprint density at radius 3 is 2.66 bits per heavy atom. The molecular weight excluding hydrogens is 486 g/mol. The second kappa shape index (κ2) is 10.4. The van der Waals surface area contributed by atoms with E-state index in [-0.39, 0.29) is 18.4 Å². The van der Waals surface area contributed by atoms with Crippen molar-refractivity contribution in [3.63, 3.8) is 0 Å². The van der Waals surface area contributed by atoms with Gasteiger partial charge in [0.2, 0.25) is 5.91 Å². The molecule has 1 N–H and O–H groups in total. The molecule has 0 saturated carbocycles. The smallest absolute Gasteiger partial charge is 0.254 e. The van der Waals surface area contributed by atoms with Gasteiger partial charge < -0.3 is 19.4 Å². The van der Waals surface area contributed by atoms with Crippen LogP contribution < -0.4 is 5.32 Å². The minimum Gasteiger partial charge on any atom is -0.458 e. The summed E-state index contributed by atoms with van der Waals surface area (Å²) in [6.07, 6.45) is 3.10. The van der Waals surface area contributed by atoms with Gasteiger partial charge in [-0.3, -0.25) is 9.59 Å². The summed E-state index contributed by atoms with van der Waals surface area (Å²) in [7, 11) is 0. The Kier molecular flexibility index (Phi) is 6.94. The summed E-state index contributed by atoms with van der Waals surface area (Å²) in [6.45, 7) is 2.60. The molecule has 3 heterocycles. The van der Waals surface area contributed by atoms with Gasteiger partial charge in [0.15, 0.2) is 5.58 Å². The van der Waals surface area contributed by atoms with Crippen LogP contribution in [0.2, 0.25) is 5.02 Å². The van der Waals surface area contributed by atoms with Crippen LogP contribution in [0.3, 0.4) is 0 Å². The number of thiazole rings is 1. The Morgan fingerprint density at radius 2 is 1.91 bits per heavy atom. The first-order valence-electron chi connectivity index (χ1n) is 11.1. The number of halogens is 1. The fraction of sp³-hybridized carbons (Fsp3) is 0.192. The van der Waals surface area contributed by atoms with E-state index in [9.17, 15) is 9.59 Å². The predicted molar refractivity (Wildman–Crippen MR) is 136 cm³/mol. The quantitative estimate of drug-likeness (QED) is 0.371. The highest BCUT2D eigenvalue weighted by molar-refractivity contribution is 7.07. The first-order valence-corrected chi connectivity index (χ1v) is 12.4. The monoisotopic (exact) mass is 507 g/mol. The summed E-state index contributed by atoms with van der Waals surface area (Å²) in [5, 5.41) is 5.98. The molecule has 2 aromatic carbocycles. The van der Waals surface area contributed by atoms with Crippen molar-refractivity contribution < 1.29 is 18.7 Å². The summed E-state index contributed by atoms with van der Waals surface area (Å²) >= 11 is 7.98. The number of hydrogen-bond donors (Lipinski definition) is 1. The maximum Gasteiger partial charge on any atom is 0.254 e. The van der Waals surface area contributed by atoms with Crippen molar-refractivity contribution in [2.24, 2.45) is 0 Å². The minimum absolute atomic E-state index is 0.0105. The Bertz CT molecular complexity index is 1370. The standard InChI is InChI=1S/C26H22ClN3O4S/c27-23-13-19(17-1-3-18(4-2-17)26(32)30-7-9-33-10-8-30)11-20-12-22(34-25(20)23)14-28-24(31)6-5-21-15-35-16-29-21/h1-6,11-13,15-16H,7-10,14H2,(H,28,31)/b6-5+. The van der Waals surface area contributed by atoms with Gasteiger partial charge in [0, 0.05) is 35.5 Å². The summed E-state index contributed by atoms with van der Waals surface area (Å²) in [6, 6.07) is 13.2. The summed E-state index contributed by atoms with van der Waals surface area (Å²) < 4.78 is 11.2. The van der Waals surface area contributed by atoms with Gasteiger partial charge >= 0.3 is 0 Å². The number of furan rings is 1. The number of fused-ring (bicyclic) bond motifs is 1. The molecule has 2 aromatic heterocycles. The average Bonchev–Trinajstić information content (AvgIpc) is 3.56. The number of carbonyl (C=O) groups is 2. The molecule has 0 atom stereocenters. The van der Waals surface area contributed by atoms with E-state index in [0.717, 1.165) is 22.2 Å². The van der Waals surface area contributed by atoms with E-state index >= 15 is 0 Å². The molecule has 0 spiro atoms. The Balaban J connectivity index is 1.28. The molecule has 0 radical (unpaired) electrons. The van der Waals surface area contributed by atoms with Crippen LogP contribution in [-0.2, 0) is 16.1 Å². The first-order chi connectivity index (χ1) is 17.1. The number of benzene rings is 2. The molecule has 0 aliphatic carbocycles. The lowest BCUT2D eigenvalue weighted by molar-refractivity contribution is -0.116. The van der Waals surface area contributed by atoms with Crippen LogP contribution in [0.25, 0.3) is 28.2 Å². The second-order valence-electron chi connectivity index (χ2n) is 8.04. The zero-order valence-corrected chi connectivity index (χ0v) is 20.3. The molecule has 7 nitrogen and oxygen atoms in total. The summed E-state index contributed by atoms with van der Waals surface area (Å²) in [5.41, 5.74) is 5.52. The highest BCUT2D eigenvalue weighted by Gasteiger charge is 2.18. The van der Waals surface area contributed by atoms with Gasteiger partial charge in [0.1, 0.15) is 5.76 Å². The van der Waals surface area contributed by atoms with Crippen molar-refractivity contribution in [1.29, 1.82) is 0 Å². The molecule has 35 heavy (non-hydrogen) atoms. The number of nitrogens with one attached hydrogen (secondary N) is 1. The molecule has 1 saturated heterocycles. The topological polar surface area (TPSA) is 84.7 Å². The fourth-order valence-corrected chi connectivity index (χ4v) is 4.66. The zero-order chi connectivity index (χ0) is 24.2. The molecule has 9 heteroatoms. The van der Waals surface area contributed by atoms with Crippen LogP contribution in [0.5, 0.6) is 0 Å². The van der Waals surface area contributed by atoms with E-state index < -0.39 is 0 Å². The number of nitrogens with zero attached hydrogens (tertiary/aromatic N) is 2. The second-order valence-corrected chi connectivity index (χ2v) is 9.16. The van der Waals surface area contributed by atoms with Crippen LogP contribution in [0, 0.1) is 0 Å². The SMILES string of the molecule is O=C(/C=C/c1cscn1)NCc1cc2cc(-c3ccc(C(=O)N4CCOCC4)cc3)cc(Cl)c2o1. The average molecular weight is 508 g/mol. The van der Waals surface area contributed by atoms with E-state index in [4.69, 9.17) is 20.8 Å². The Morgan fingerprint density at radius 1 is 1.11 bits per heavy atom. The number of morpholine rings is 1. The van der Waals surface area contributed by atoms with Gasteiger partial charge in [0.25, 0.3) is 5.91 Å². The highest BCUT2D eigenvalue weighted by atomic mass is 35.5. The van der Waals surface area contributed by atoms with Gasteiger partial charge in [-0.05, 0) is 47.5 Å². The van der Waals surface area contributed by atoms with Crippen molar-refractivity contribution in [1.82, 2.24) is 15.2 Å². The predicted octanol–water partition coefficient (Wildman–Crippen LogP) is 5.01. The van der Waals surface area contributed by atoms with Gasteiger partial charge in [-0.1, -0.05) is 23.7 Å². The van der Waals surface area contributed by atoms with Crippen LogP contribution in [0.4, 0.5) is 0 Å². The third-order valence-electron chi connectivity index (χ3n) is 5.68. The molecule has 5 rings (SSSR count). The minimum atomic E-state index is -0.239. The molecular formula is C26H22ClN3O4S.